The highest BCUT2D eigenvalue weighted by molar-refractivity contribution is 7.92. The minimum absolute atomic E-state index is 0.149. The fourth-order valence-electron chi connectivity index (χ4n) is 2.40. The largest absolute Gasteiger partial charge is 0.457 e. The summed E-state index contributed by atoms with van der Waals surface area (Å²) in [6, 6.07) is 20.7. The summed E-state index contributed by atoms with van der Waals surface area (Å²) in [4.78, 5) is 10.1. The first-order chi connectivity index (χ1) is 12.9. The van der Waals surface area contributed by atoms with Gasteiger partial charge in [0.2, 0.25) is 0 Å². The van der Waals surface area contributed by atoms with Crippen LogP contribution in [0.4, 0.5) is 11.4 Å². The minimum atomic E-state index is -3.93. The molecule has 0 saturated carbocycles. The normalized spacial score (nSPS) is 11.0. The van der Waals surface area contributed by atoms with Gasteiger partial charge in [0.15, 0.2) is 0 Å². The summed E-state index contributed by atoms with van der Waals surface area (Å²) in [6.45, 7) is 0. The smallest absolute Gasteiger partial charge is 0.270 e. The maximum Gasteiger partial charge on any atom is 0.270 e. The monoisotopic (exact) mass is 384 g/mol. The fraction of sp³-hybridized carbons (Fsp3) is 0.0526. The van der Waals surface area contributed by atoms with E-state index >= 15 is 0 Å². The number of non-ortho nitro benzene ring substituents is 1. The number of hydrogen-bond acceptors (Lipinski definition) is 5. The lowest BCUT2D eigenvalue weighted by atomic mass is 10.3. The third-order valence-electron chi connectivity index (χ3n) is 3.87. The van der Waals surface area contributed by atoms with E-state index in [-0.39, 0.29) is 10.6 Å². The van der Waals surface area contributed by atoms with Crippen LogP contribution in [0.1, 0.15) is 0 Å². The van der Waals surface area contributed by atoms with Gasteiger partial charge in [-0.25, -0.2) is 8.42 Å². The van der Waals surface area contributed by atoms with Gasteiger partial charge in [0.1, 0.15) is 11.5 Å². The SMILES string of the molecule is CN(c1ccc(Oc2ccccc2)cc1)S(=O)(=O)c1cccc([N+](=O)[O-])c1. The minimum Gasteiger partial charge on any atom is -0.457 e. The van der Waals surface area contributed by atoms with Crippen LogP contribution in [-0.4, -0.2) is 20.4 Å². The van der Waals surface area contributed by atoms with E-state index in [1.54, 1.807) is 24.3 Å². The van der Waals surface area contributed by atoms with Crippen LogP contribution < -0.4 is 9.04 Å². The fourth-order valence-corrected chi connectivity index (χ4v) is 3.64. The molecule has 0 saturated heterocycles. The van der Waals surface area contributed by atoms with Crippen molar-refractivity contribution in [2.45, 2.75) is 4.90 Å². The third kappa shape index (κ3) is 4.06. The highest BCUT2D eigenvalue weighted by Gasteiger charge is 2.23. The lowest BCUT2D eigenvalue weighted by Gasteiger charge is -2.19. The molecular formula is C19H16N2O5S. The molecule has 0 aliphatic carbocycles. The Balaban J connectivity index is 1.83. The summed E-state index contributed by atoms with van der Waals surface area (Å²) in [7, 11) is -2.54. The Kier molecular flexibility index (Phi) is 5.09. The number of anilines is 1. The molecule has 8 heteroatoms. The van der Waals surface area contributed by atoms with Crippen LogP contribution in [0.25, 0.3) is 0 Å². The highest BCUT2D eigenvalue weighted by Crippen LogP contribution is 2.28. The summed E-state index contributed by atoms with van der Waals surface area (Å²) in [5.74, 6) is 1.23. The van der Waals surface area contributed by atoms with Gasteiger partial charge >= 0.3 is 0 Å². The van der Waals surface area contributed by atoms with E-state index in [4.69, 9.17) is 4.74 Å². The van der Waals surface area contributed by atoms with Gasteiger partial charge in [0.05, 0.1) is 15.5 Å². The van der Waals surface area contributed by atoms with Crippen LogP contribution >= 0.6 is 0 Å². The van der Waals surface area contributed by atoms with Crippen LogP contribution in [0, 0.1) is 10.1 Å². The number of nitro groups is 1. The number of nitro benzene ring substituents is 1. The first-order valence-electron chi connectivity index (χ1n) is 7.94. The molecule has 0 unspecified atom stereocenters. The number of rotatable bonds is 6. The summed E-state index contributed by atoms with van der Waals surface area (Å²) in [6.07, 6.45) is 0. The number of sulfonamides is 1. The van der Waals surface area contributed by atoms with Gasteiger partial charge in [0, 0.05) is 19.2 Å². The molecule has 0 aromatic heterocycles. The summed E-state index contributed by atoms with van der Waals surface area (Å²) in [5.41, 5.74) is 0.123. The van der Waals surface area contributed by atoms with E-state index in [0.717, 1.165) is 10.4 Å². The first-order valence-corrected chi connectivity index (χ1v) is 9.38. The van der Waals surface area contributed by atoms with Crippen molar-refractivity contribution in [3.63, 3.8) is 0 Å². The molecule has 0 atom stereocenters. The van der Waals surface area contributed by atoms with Crippen molar-refractivity contribution in [2.24, 2.45) is 0 Å². The number of hydrogen-bond donors (Lipinski definition) is 0. The molecule has 0 spiro atoms. The number of ether oxygens (including phenoxy) is 1. The standard InChI is InChI=1S/C19H16N2O5S/c1-20(27(24,25)19-9-5-6-16(14-19)21(22)23)15-10-12-18(13-11-15)26-17-7-3-2-4-8-17/h2-14H,1H3. The number of para-hydroxylation sites is 1. The van der Waals surface area contributed by atoms with Gasteiger partial charge in [-0.3, -0.25) is 14.4 Å². The van der Waals surface area contributed by atoms with Crippen LogP contribution in [-0.2, 0) is 10.0 Å². The zero-order chi connectivity index (χ0) is 19.4. The average molecular weight is 384 g/mol. The van der Waals surface area contributed by atoms with Crippen LogP contribution in [0.5, 0.6) is 11.5 Å². The van der Waals surface area contributed by atoms with Gasteiger partial charge < -0.3 is 4.74 Å². The Morgan fingerprint density at radius 2 is 1.52 bits per heavy atom. The third-order valence-corrected chi connectivity index (χ3v) is 5.65. The van der Waals surface area contributed by atoms with Crippen molar-refractivity contribution in [3.05, 3.63) is 89.0 Å². The molecule has 0 fully saturated rings. The van der Waals surface area contributed by atoms with Crippen LogP contribution in [0.3, 0.4) is 0 Å². The molecule has 3 aromatic rings. The molecule has 0 heterocycles. The number of benzene rings is 3. The Morgan fingerprint density at radius 3 is 2.15 bits per heavy atom. The van der Waals surface area contributed by atoms with Crippen LogP contribution in [0.2, 0.25) is 0 Å². The number of nitrogens with zero attached hydrogens (tertiary/aromatic N) is 2. The zero-order valence-electron chi connectivity index (χ0n) is 14.3. The van der Waals surface area contributed by atoms with E-state index in [1.165, 1.54) is 25.2 Å². The van der Waals surface area contributed by atoms with Crippen molar-refractivity contribution < 1.29 is 18.1 Å². The molecule has 0 aliphatic heterocycles. The van der Waals surface area contributed by atoms with Crippen molar-refractivity contribution in [2.75, 3.05) is 11.4 Å². The van der Waals surface area contributed by atoms with Crippen LogP contribution in [0.15, 0.2) is 83.8 Å². The molecule has 0 radical (unpaired) electrons. The van der Waals surface area contributed by atoms with Crippen molar-refractivity contribution in [1.29, 1.82) is 0 Å². The quantitative estimate of drug-likeness (QED) is 0.469. The van der Waals surface area contributed by atoms with E-state index in [9.17, 15) is 18.5 Å². The molecule has 3 rings (SSSR count). The second-order valence-electron chi connectivity index (χ2n) is 5.64. The molecule has 0 aliphatic rings. The maximum atomic E-state index is 12.8. The van der Waals surface area contributed by atoms with E-state index in [1.807, 2.05) is 30.3 Å². The Labute approximate surface area is 156 Å². The Morgan fingerprint density at radius 1 is 0.889 bits per heavy atom. The predicted molar refractivity (Wildman–Crippen MR) is 102 cm³/mol. The van der Waals surface area contributed by atoms with Crippen molar-refractivity contribution in [3.8, 4) is 11.5 Å². The Bertz CT molecular complexity index is 1050. The summed E-state index contributed by atoms with van der Waals surface area (Å²) >= 11 is 0. The van der Waals surface area contributed by atoms with E-state index in [2.05, 4.69) is 0 Å². The molecule has 0 N–H and O–H groups in total. The van der Waals surface area contributed by atoms with Gasteiger partial charge in [-0.15, -0.1) is 0 Å². The first kappa shape index (κ1) is 18.4. The highest BCUT2D eigenvalue weighted by atomic mass is 32.2. The lowest BCUT2D eigenvalue weighted by Crippen LogP contribution is -2.26. The average Bonchev–Trinajstić information content (AvgIpc) is 2.69. The molecular weight excluding hydrogens is 368 g/mol. The molecule has 27 heavy (non-hydrogen) atoms. The second kappa shape index (κ2) is 7.46. The topological polar surface area (TPSA) is 89.8 Å². The Hall–Kier alpha value is -3.39. The predicted octanol–water partition coefficient (Wildman–Crippen LogP) is 4.21. The summed E-state index contributed by atoms with van der Waals surface area (Å²) in [5, 5.41) is 10.9. The van der Waals surface area contributed by atoms with Gasteiger partial charge in [0.25, 0.3) is 15.7 Å². The maximum absolute atomic E-state index is 12.8. The second-order valence-corrected chi connectivity index (χ2v) is 7.61. The molecule has 0 amide bonds. The molecule has 0 bridgehead atoms. The van der Waals surface area contributed by atoms with Gasteiger partial charge in [-0.2, -0.15) is 0 Å². The molecule has 7 nitrogen and oxygen atoms in total. The van der Waals surface area contributed by atoms with Crippen molar-refractivity contribution >= 4 is 21.4 Å². The lowest BCUT2D eigenvalue weighted by molar-refractivity contribution is -0.385. The van der Waals surface area contributed by atoms with E-state index < -0.39 is 14.9 Å². The molecule has 3 aromatic carbocycles. The van der Waals surface area contributed by atoms with Crippen molar-refractivity contribution in [1.82, 2.24) is 0 Å². The van der Waals surface area contributed by atoms with E-state index in [0.29, 0.717) is 17.2 Å². The van der Waals surface area contributed by atoms with Gasteiger partial charge in [-0.05, 0) is 42.5 Å². The van der Waals surface area contributed by atoms with Gasteiger partial charge in [-0.1, -0.05) is 24.3 Å². The summed E-state index contributed by atoms with van der Waals surface area (Å²) < 4.78 is 32.3. The molecule has 138 valence electrons. The zero-order valence-corrected chi connectivity index (χ0v) is 15.2.